The minimum atomic E-state index is -0.474. The number of hydrogen-bond acceptors (Lipinski definition) is 7. The monoisotopic (exact) mass is 450 g/mol. The van der Waals surface area contributed by atoms with Crippen LogP contribution in [0.15, 0.2) is 70.0 Å². The summed E-state index contributed by atoms with van der Waals surface area (Å²) in [6, 6.07) is 16.2. The van der Waals surface area contributed by atoms with Crippen molar-refractivity contribution in [2.75, 3.05) is 4.90 Å². The minimum absolute atomic E-state index is 0.0694. The molecule has 1 aromatic heterocycles. The molecule has 1 fully saturated rings. The van der Waals surface area contributed by atoms with E-state index in [1.54, 1.807) is 60.7 Å². The molecule has 0 spiro atoms. The Kier molecular flexibility index (Phi) is 5.53. The van der Waals surface area contributed by atoms with Crippen LogP contribution in [0.1, 0.15) is 23.0 Å². The first-order valence-corrected chi connectivity index (χ1v) is 10.3. The van der Waals surface area contributed by atoms with Gasteiger partial charge in [-0.1, -0.05) is 48.2 Å². The molecule has 4 rings (SSSR count). The third-order valence-electron chi connectivity index (χ3n) is 4.57. The van der Waals surface area contributed by atoms with Crippen LogP contribution < -0.4 is 4.90 Å². The fraction of sp³-hybridized carbons (Fsp3) is 0.0455. The number of carbonyl (C=O) groups is 2. The molecule has 7 nitrogen and oxygen atoms in total. The lowest BCUT2D eigenvalue weighted by Crippen LogP contribution is -2.27. The van der Waals surface area contributed by atoms with Crippen LogP contribution in [-0.4, -0.2) is 20.9 Å². The summed E-state index contributed by atoms with van der Waals surface area (Å²) in [7, 11) is 0. The fourth-order valence-electron chi connectivity index (χ4n) is 3.10. The third kappa shape index (κ3) is 4.05. The molecule has 2 aromatic carbocycles. The Morgan fingerprint density at radius 3 is 2.68 bits per heavy atom. The van der Waals surface area contributed by atoms with Crippen LogP contribution in [-0.2, 0) is 4.79 Å². The highest BCUT2D eigenvalue weighted by molar-refractivity contribution is 8.27. The van der Waals surface area contributed by atoms with E-state index in [0.29, 0.717) is 37.6 Å². The van der Waals surface area contributed by atoms with Gasteiger partial charge in [-0.2, -0.15) is 0 Å². The molecule has 0 aliphatic carbocycles. The number of thiocarbonyl (C=S) groups is 1. The first-order valence-electron chi connectivity index (χ1n) is 9.08. The van der Waals surface area contributed by atoms with Gasteiger partial charge in [0.05, 0.1) is 21.1 Å². The fourth-order valence-corrected chi connectivity index (χ4v) is 4.38. The average molecular weight is 450 g/mol. The predicted octanol–water partition coefficient (Wildman–Crippen LogP) is 5.46. The Morgan fingerprint density at radius 1 is 1.16 bits per heavy atom. The van der Waals surface area contributed by atoms with Crippen molar-refractivity contribution in [3.8, 4) is 11.3 Å². The molecule has 2 heterocycles. The Balaban J connectivity index is 1.64. The number of nitro groups is 1. The van der Waals surface area contributed by atoms with Crippen molar-refractivity contribution in [2.45, 2.75) is 6.92 Å². The first-order chi connectivity index (χ1) is 14.8. The number of nitro benzene ring substituents is 1. The SMILES string of the molecule is CC(=O)c1cccc(N2C(=O)C(=Cc3ccc(-c4ccccc4[N+](=O)[O-])o3)SC2=S)c1. The van der Waals surface area contributed by atoms with E-state index in [9.17, 15) is 19.7 Å². The maximum Gasteiger partial charge on any atom is 0.280 e. The van der Waals surface area contributed by atoms with Crippen molar-refractivity contribution >= 4 is 57.4 Å². The molecular weight excluding hydrogens is 436 g/mol. The molecule has 1 aliphatic heterocycles. The molecule has 0 saturated carbocycles. The minimum Gasteiger partial charge on any atom is -0.456 e. The topological polar surface area (TPSA) is 93.7 Å². The Bertz CT molecular complexity index is 1280. The van der Waals surface area contributed by atoms with Crippen molar-refractivity contribution < 1.29 is 18.9 Å². The van der Waals surface area contributed by atoms with Crippen LogP contribution in [0.2, 0.25) is 0 Å². The normalized spacial score (nSPS) is 15.0. The molecule has 1 aliphatic rings. The van der Waals surface area contributed by atoms with Crippen molar-refractivity contribution in [1.82, 2.24) is 0 Å². The van der Waals surface area contributed by atoms with Crippen LogP contribution in [0.5, 0.6) is 0 Å². The van der Waals surface area contributed by atoms with Gasteiger partial charge in [0.25, 0.3) is 11.6 Å². The Morgan fingerprint density at radius 2 is 1.94 bits per heavy atom. The maximum atomic E-state index is 13.0. The molecule has 1 saturated heterocycles. The van der Waals surface area contributed by atoms with E-state index in [1.807, 2.05) is 0 Å². The van der Waals surface area contributed by atoms with Gasteiger partial charge in [-0.15, -0.1) is 0 Å². The molecule has 0 bridgehead atoms. The number of ketones is 1. The van der Waals surface area contributed by atoms with Gasteiger partial charge in [0.1, 0.15) is 11.5 Å². The standard InChI is InChI=1S/C22H14N2O5S2/c1-13(25)14-5-4-6-15(11-14)23-21(26)20(31-22(23)30)12-16-9-10-19(29-16)17-7-2-3-8-18(17)24(27)28/h2-12H,1H3. The van der Waals surface area contributed by atoms with E-state index in [2.05, 4.69) is 0 Å². The summed E-state index contributed by atoms with van der Waals surface area (Å²) in [4.78, 5) is 37.1. The highest BCUT2D eigenvalue weighted by atomic mass is 32.2. The number of thioether (sulfide) groups is 1. The smallest absolute Gasteiger partial charge is 0.280 e. The maximum absolute atomic E-state index is 13.0. The second kappa shape index (κ2) is 8.29. The summed E-state index contributed by atoms with van der Waals surface area (Å²) in [6.45, 7) is 1.45. The summed E-state index contributed by atoms with van der Waals surface area (Å²) in [6.07, 6.45) is 1.55. The van der Waals surface area contributed by atoms with Crippen LogP contribution in [0.25, 0.3) is 17.4 Å². The molecule has 0 atom stereocenters. The number of para-hydroxylation sites is 1. The number of carbonyl (C=O) groups excluding carboxylic acids is 2. The lowest BCUT2D eigenvalue weighted by atomic mass is 10.1. The molecule has 31 heavy (non-hydrogen) atoms. The third-order valence-corrected chi connectivity index (χ3v) is 5.87. The van der Waals surface area contributed by atoms with Crippen molar-refractivity contribution in [3.05, 3.63) is 87.0 Å². The van der Waals surface area contributed by atoms with Gasteiger partial charge in [-0.05, 0) is 37.3 Å². The molecular formula is C22H14N2O5S2. The molecule has 0 unspecified atom stereocenters. The number of hydrogen-bond donors (Lipinski definition) is 0. The van der Waals surface area contributed by atoms with Crippen LogP contribution in [0.4, 0.5) is 11.4 Å². The van der Waals surface area contributed by atoms with Gasteiger partial charge in [0.2, 0.25) is 0 Å². The zero-order valence-electron chi connectivity index (χ0n) is 16.1. The second-order valence-corrected chi connectivity index (χ2v) is 8.28. The number of amides is 1. The Hall–Kier alpha value is -3.56. The number of nitrogens with zero attached hydrogens (tertiary/aromatic N) is 2. The van der Waals surface area contributed by atoms with E-state index in [4.69, 9.17) is 16.6 Å². The zero-order chi connectivity index (χ0) is 22.1. The summed E-state index contributed by atoms with van der Waals surface area (Å²) in [5.74, 6) is 0.245. The van der Waals surface area contributed by atoms with Gasteiger partial charge < -0.3 is 4.42 Å². The average Bonchev–Trinajstić information content (AvgIpc) is 3.32. The Labute approximate surface area is 186 Å². The van der Waals surface area contributed by atoms with Gasteiger partial charge >= 0.3 is 0 Å². The van der Waals surface area contributed by atoms with Crippen molar-refractivity contribution in [2.24, 2.45) is 0 Å². The van der Waals surface area contributed by atoms with E-state index in [1.165, 1.54) is 17.9 Å². The summed E-state index contributed by atoms with van der Waals surface area (Å²) < 4.78 is 6.08. The van der Waals surface area contributed by atoms with Gasteiger partial charge in [-0.3, -0.25) is 24.6 Å². The zero-order valence-corrected chi connectivity index (χ0v) is 17.7. The van der Waals surface area contributed by atoms with Gasteiger partial charge in [0, 0.05) is 17.7 Å². The van der Waals surface area contributed by atoms with Gasteiger partial charge in [0.15, 0.2) is 10.1 Å². The number of Topliss-reactive ketones (excluding diaryl/α,β-unsaturated/α-hetero) is 1. The predicted molar refractivity (Wildman–Crippen MR) is 123 cm³/mol. The highest BCUT2D eigenvalue weighted by Crippen LogP contribution is 2.37. The molecule has 154 valence electrons. The quantitative estimate of drug-likeness (QED) is 0.167. The first kappa shape index (κ1) is 20.7. The number of benzene rings is 2. The molecule has 9 heteroatoms. The van der Waals surface area contributed by atoms with Crippen LogP contribution in [0, 0.1) is 10.1 Å². The van der Waals surface area contributed by atoms with Crippen molar-refractivity contribution in [3.63, 3.8) is 0 Å². The van der Waals surface area contributed by atoms with Gasteiger partial charge in [-0.25, -0.2) is 0 Å². The number of rotatable bonds is 5. The summed E-state index contributed by atoms with van der Waals surface area (Å²) in [5.41, 5.74) is 1.27. The number of anilines is 1. The number of furan rings is 1. The largest absolute Gasteiger partial charge is 0.456 e. The lowest BCUT2D eigenvalue weighted by Gasteiger charge is -2.15. The van der Waals surface area contributed by atoms with E-state index < -0.39 is 4.92 Å². The van der Waals surface area contributed by atoms with E-state index in [-0.39, 0.29) is 17.4 Å². The summed E-state index contributed by atoms with van der Waals surface area (Å²) >= 11 is 6.48. The van der Waals surface area contributed by atoms with Crippen molar-refractivity contribution in [1.29, 1.82) is 0 Å². The summed E-state index contributed by atoms with van der Waals surface area (Å²) in [5, 5.41) is 11.3. The van der Waals surface area contributed by atoms with Crippen LogP contribution in [0.3, 0.4) is 0 Å². The lowest BCUT2D eigenvalue weighted by molar-refractivity contribution is -0.384. The molecule has 0 radical (unpaired) electrons. The second-order valence-electron chi connectivity index (χ2n) is 6.60. The van der Waals surface area contributed by atoms with E-state index >= 15 is 0 Å². The molecule has 0 N–H and O–H groups in total. The van der Waals surface area contributed by atoms with E-state index in [0.717, 1.165) is 11.8 Å². The van der Waals surface area contributed by atoms with Crippen LogP contribution >= 0.6 is 24.0 Å². The molecule has 3 aromatic rings. The molecule has 1 amide bonds. The highest BCUT2D eigenvalue weighted by Gasteiger charge is 2.33.